The largest absolute Gasteiger partial charge is 0.338 e. The summed E-state index contributed by atoms with van der Waals surface area (Å²) < 4.78 is 5.14. The Morgan fingerprint density at radius 2 is 2.06 bits per heavy atom. The third-order valence-electron chi connectivity index (χ3n) is 2.27. The van der Waals surface area contributed by atoms with Crippen molar-refractivity contribution in [3.05, 3.63) is 35.2 Å². The molecule has 1 N–H and O–H groups in total. The Labute approximate surface area is 105 Å². The summed E-state index contributed by atoms with van der Waals surface area (Å²) in [5.41, 5.74) is 0.903. The predicted molar refractivity (Wildman–Crippen MR) is 66.7 cm³/mol. The standard InChI is InChI=1S/C12H14ClN3O/c1-2-7-14-8-11-15-12(16-17-11)9-3-5-10(13)6-4-9/h3-6,14H,2,7-8H2,1H3. The van der Waals surface area contributed by atoms with E-state index < -0.39 is 0 Å². The minimum atomic E-state index is 0.593. The monoisotopic (exact) mass is 251 g/mol. The highest BCUT2D eigenvalue weighted by molar-refractivity contribution is 6.30. The summed E-state index contributed by atoms with van der Waals surface area (Å²) in [6.45, 7) is 3.66. The Bertz CT molecular complexity index is 467. The predicted octanol–water partition coefficient (Wildman–Crippen LogP) is 2.89. The van der Waals surface area contributed by atoms with E-state index in [9.17, 15) is 0 Å². The van der Waals surface area contributed by atoms with Gasteiger partial charge in [0, 0.05) is 10.6 Å². The highest BCUT2D eigenvalue weighted by atomic mass is 35.5. The molecule has 0 aliphatic rings. The smallest absolute Gasteiger partial charge is 0.240 e. The molecule has 0 saturated carbocycles. The van der Waals surface area contributed by atoms with Crippen LogP contribution in [0.3, 0.4) is 0 Å². The van der Waals surface area contributed by atoms with Crippen LogP contribution in [0.4, 0.5) is 0 Å². The summed E-state index contributed by atoms with van der Waals surface area (Å²) in [6, 6.07) is 7.36. The number of aromatic nitrogens is 2. The number of rotatable bonds is 5. The lowest BCUT2D eigenvalue weighted by Crippen LogP contribution is -2.13. The van der Waals surface area contributed by atoms with E-state index >= 15 is 0 Å². The SMILES string of the molecule is CCCNCc1nc(-c2ccc(Cl)cc2)no1. The van der Waals surface area contributed by atoms with E-state index in [4.69, 9.17) is 16.1 Å². The Morgan fingerprint density at radius 1 is 1.29 bits per heavy atom. The average molecular weight is 252 g/mol. The quantitative estimate of drug-likeness (QED) is 0.831. The number of halogens is 1. The second-order valence-corrected chi connectivity index (χ2v) is 4.13. The van der Waals surface area contributed by atoms with Gasteiger partial charge in [0.15, 0.2) is 0 Å². The first-order valence-corrected chi connectivity index (χ1v) is 5.96. The molecule has 0 bridgehead atoms. The fourth-order valence-corrected chi connectivity index (χ4v) is 1.54. The van der Waals surface area contributed by atoms with Crippen LogP contribution in [0.15, 0.2) is 28.8 Å². The van der Waals surface area contributed by atoms with Crippen molar-refractivity contribution >= 4 is 11.6 Å². The van der Waals surface area contributed by atoms with Crippen LogP contribution in [0.1, 0.15) is 19.2 Å². The van der Waals surface area contributed by atoms with E-state index in [0.717, 1.165) is 18.5 Å². The zero-order valence-corrected chi connectivity index (χ0v) is 10.4. The van der Waals surface area contributed by atoms with Gasteiger partial charge in [-0.25, -0.2) is 0 Å². The molecule has 2 rings (SSSR count). The molecule has 0 radical (unpaired) electrons. The number of nitrogens with one attached hydrogen (secondary N) is 1. The van der Waals surface area contributed by atoms with E-state index in [1.54, 1.807) is 0 Å². The lowest BCUT2D eigenvalue weighted by atomic mass is 10.2. The third-order valence-corrected chi connectivity index (χ3v) is 2.53. The van der Waals surface area contributed by atoms with Gasteiger partial charge in [0.05, 0.1) is 6.54 Å². The third kappa shape index (κ3) is 3.28. The summed E-state index contributed by atoms with van der Waals surface area (Å²) in [4.78, 5) is 4.30. The van der Waals surface area contributed by atoms with E-state index in [-0.39, 0.29) is 0 Å². The Morgan fingerprint density at radius 3 is 2.76 bits per heavy atom. The molecule has 0 saturated heterocycles. The summed E-state index contributed by atoms with van der Waals surface area (Å²) in [5, 5.41) is 7.83. The lowest BCUT2D eigenvalue weighted by Gasteiger charge is -1.96. The van der Waals surface area contributed by atoms with Gasteiger partial charge < -0.3 is 9.84 Å². The van der Waals surface area contributed by atoms with Gasteiger partial charge in [-0.2, -0.15) is 4.98 Å². The molecule has 5 heteroatoms. The first-order valence-electron chi connectivity index (χ1n) is 5.59. The molecule has 90 valence electrons. The average Bonchev–Trinajstić information content (AvgIpc) is 2.79. The van der Waals surface area contributed by atoms with Gasteiger partial charge in [0.1, 0.15) is 0 Å². The van der Waals surface area contributed by atoms with Crippen LogP contribution in [0.25, 0.3) is 11.4 Å². The van der Waals surface area contributed by atoms with Gasteiger partial charge in [0.2, 0.25) is 11.7 Å². The fraction of sp³-hybridized carbons (Fsp3) is 0.333. The summed E-state index contributed by atoms with van der Waals surface area (Å²) in [5.74, 6) is 1.19. The van der Waals surface area contributed by atoms with Crippen molar-refractivity contribution in [2.75, 3.05) is 6.54 Å². The van der Waals surface area contributed by atoms with Gasteiger partial charge in [0.25, 0.3) is 0 Å². The summed E-state index contributed by atoms with van der Waals surface area (Å²) in [6.07, 6.45) is 1.08. The molecule has 17 heavy (non-hydrogen) atoms. The number of hydrogen-bond donors (Lipinski definition) is 1. The first-order chi connectivity index (χ1) is 8.29. The van der Waals surface area contributed by atoms with Gasteiger partial charge >= 0.3 is 0 Å². The Hall–Kier alpha value is -1.39. The highest BCUT2D eigenvalue weighted by Crippen LogP contribution is 2.18. The Kier molecular flexibility index (Phi) is 4.12. The van der Waals surface area contributed by atoms with Crippen molar-refractivity contribution in [1.82, 2.24) is 15.5 Å². The number of nitrogens with zero attached hydrogens (tertiary/aromatic N) is 2. The zero-order valence-electron chi connectivity index (χ0n) is 9.61. The van der Waals surface area contributed by atoms with Crippen LogP contribution in [0.5, 0.6) is 0 Å². The number of hydrogen-bond acceptors (Lipinski definition) is 4. The lowest BCUT2D eigenvalue weighted by molar-refractivity contribution is 0.368. The summed E-state index contributed by atoms with van der Waals surface area (Å²) in [7, 11) is 0. The normalized spacial score (nSPS) is 10.7. The second-order valence-electron chi connectivity index (χ2n) is 3.70. The molecule has 0 aliphatic heterocycles. The zero-order chi connectivity index (χ0) is 12.1. The maximum Gasteiger partial charge on any atom is 0.240 e. The minimum Gasteiger partial charge on any atom is -0.338 e. The van der Waals surface area contributed by atoms with Crippen molar-refractivity contribution in [2.45, 2.75) is 19.9 Å². The van der Waals surface area contributed by atoms with Crippen LogP contribution in [0.2, 0.25) is 5.02 Å². The van der Waals surface area contributed by atoms with Crippen LogP contribution < -0.4 is 5.32 Å². The molecular weight excluding hydrogens is 238 g/mol. The molecule has 2 aromatic rings. The maximum atomic E-state index is 5.81. The van der Waals surface area contributed by atoms with E-state index in [1.807, 2.05) is 24.3 Å². The highest BCUT2D eigenvalue weighted by Gasteiger charge is 2.07. The molecule has 0 spiro atoms. The molecule has 0 aliphatic carbocycles. The maximum absolute atomic E-state index is 5.81. The van der Waals surface area contributed by atoms with Gasteiger partial charge in [-0.3, -0.25) is 0 Å². The second kappa shape index (κ2) is 5.80. The molecule has 1 heterocycles. The van der Waals surface area contributed by atoms with E-state index in [1.165, 1.54) is 0 Å². The molecule has 0 amide bonds. The van der Waals surface area contributed by atoms with Gasteiger partial charge in [-0.15, -0.1) is 0 Å². The Balaban J connectivity index is 2.04. The summed E-state index contributed by atoms with van der Waals surface area (Å²) >= 11 is 5.81. The van der Waals surface area contributed by atoms with E-state index in [0.29, 0.717) is 23.3 Å². The van der Waals surface area contributed by atoms with Crippen LogP contribution >= 0.6 is 11.6 Å². The fourth-order valence-electron chi connectivity index (χ4n) is 1.41. The molecular formula is C12H14ClN3O. The number of benzene rings is 1. The minimum absolute atomic E-state index is 0.593. The molecule has 1 aromatic carbocycles. The van der Waals surface area contributed by atoms with Crippen molar-refractivity contribution in [3.8, 4) is 11.4 Å². The topological polar surface area (TPSA) is 51.0 Å². The molecule has 1 aromatic heterocycles. The molecule has 0 fully saturated rings. The van der Waals surface area contributed by atoms with Crippen molar-refractivity contribution in [1.29, 1.82) is 0 Å². The van der Waals surface area contributed by atoms with Crippen molar-refractivity contribution < 1.29 is 4.52 Å². The van der Waals surface area contributed by atoms with Gasteiger partial charge in [-0.1, -0.05) is 23.7 Å². The van der Waals surface area contributed by atoms with E-state index in [2.05, 4.69) is 22.4 Å². The van der Waals surface area contributed by atoms with Crippen LogP contribution in [-0.4, -0.2) is 16.7 Å². The van der Waals surface area contributed by atoms with Crippen LogP contribution in [-0.2, 0) is 6.54 Å². The van der Waals surface area contributed by atoms with Crippen LogP contribution in [0, 0.1) is 0 Å². The van der Waals surface area contributed by atoms with Gasteiger partial charge in [-0.05, 0) is 37.2 Å². The molecule has 0 atom stereocenters. The first kappa shape index (κ1) is 12.1. The van der Waals surface area contributed by atoms with Crippen molar-refractivity contribution in [2.24, 2.45) is 0 Å². The van der Waals surface area contributed by atoms with Crippen molar-refractivity contribution in [3.63, 3.8) is 0 Å². The molecule has 0 unspecified atom stereocenters. The molecule has 4 nitrogen and oxygen atoms in total.